The quantitative estimate of drug-likeness (QED) is 0.572. The highest BCUT2D eigenvalue weighted by molar-refractivity contribution is 5.38. The van der Waals surface area contributed by atoms with Crippen molar-refractivity contribution in [3.8, 4) is 0 Å². The Morgan fingerprint density at radius 2 is 2.38 bits per heavy atom. The first-order valence-corrected chi connectivity index (χ1v) is 4.22. The van der Waals surface area contributed by atoms with Crippen molar-refractivity contribution in [2.75, 3.05) is 30.8 Å². The Hall–Kier alpha value is -1.36. The van der Waals surface area contributed by atoms with Crippen LogP contribution in [0.15, 0.2) is 12.3 Å². The van der Waals surface area contributed by atoms with E-state index in [9.17, 15) is 0 Å². The summed E-state index contributed by atoms with van der Waals surface area (Å²) in [5, 5.41) is 14.5. The van der Waals surface area contributed by atoms with Crippen LogP contribution in [-0.4, -0.2) is 35.3 Å². The second-order valence-electron chi connectivity index (χ2n) is 2.52. The molecule has 13 heavy (non-hydrogen) atoms. The molecule has 0 fully saturated rings. The van der Waals surface area contributed by atoms with E-state index < -0.39 is 0 Å². The smallest absolute Gasteiger partial charge is 0.224 e. The number of aromatic nitrogens is 2. The van der Waals surface area contributed by atoms with E-state index in [-0.39, 0.29) is 6.61 Å². The maximum absolute atomic E-state index is 8.56. The Morgan fingerprint density at radius 1 is 1.54 bits per heavy atom. The molecular formula is C8H14N4O. The molecular weight excluding hydrogens is 168 g/mol. The first kappa shape index (κ1) is 9.73. The van der Waals surface area contributed by atoms with Gasteiger partial charge in [0.2, 0.25) is 5.95 Å². The van der Waals surface area contributed by atoms with Crippen molar-refractivity contribution < 1.29 is 5.11 Å². The third kappa shape index (κ3) is 3.25. The molecule has 1 heterocycles. The van der Waals surface area contributed by atoms with Crippen LogP contribution in [0.5, 0.6) is 0 Å². The van der Waals surface area contributed by atoms with Crippen molar-refractivity contribution in [3.05, 3.63) is 12.3 Å². The number of nitrogens with one attached hydrogen (secondary N) is 2. The van der Waals surface area contributed by atoms with Crippen LogP contribution in [0.4, 0.5) is 11.8 Å². The summed E-state index contributed by atoms with van der Waals surface area (Å²) in [7, 11) is 1.77. The van der Waals surface area contributed by atoms with Gasteiger partial charge in [0.25, 0.3) is 0 Å². The normalized spacial score (nSPS) is 9.69. The fourth-order valence-electron chi connectivity index (χ4n) is 0.873. The highest BCUT2D eigenvalue weighted by atomic mass is 16.3. The zero-order chi connectivity index (χ0) is 9.52. The lowest BCUT2D eigenvalue weighted by atomic mass is 10.4. The average molecular weight is 182 g/mol. The van der Waals surface area contributed by atoms with Crippen molar-refractivity contribution >= 4 is 11.8 Å². The third-order valence-electron chi connectivity index (χ3n) is 1.52. The Bertz CT molecular complexity index is 254. The van der Waals surface area contributed by atoms with E-state index >= 15 is 0 Å². The number of aliphatic hydroxyl groups is 1. The third-order valence-corrected chi connectivity index (χ3v) is 1.52. The van der Waals surface area contributed by atoms with Crippen molar-refractivity contribution in [3.63, 3.8) is 0 Å². The fourth-order valence-corrected chi connectivity index (χ4v) is 0.873. The Kier molecular flexibility index (Phi) is 3.98. The number of rotatable bonds is 5. The highest BCUT2D eigenvalue weighted by Gasteiger charge is 1.94. The minimum absolute atomic E-state index is 0.191. The van der Waals surface area contributed by atoms with E-state index in [0.717, 1.165) is 18.8 Å². The fraction of sp³-hybridized carbons (Fsp3) is 0.500. The van der Waals surface area contributed by atoms with Crippen LogP contribution in [0.2, 0.25) is 0 Å². The van der Waals surface area contributed by atoms with Crippen LogP contribution < -0.4 is 10.6 Å². The molecule has 0 radical (unpaired) electrons. The number of hydrogen-bond donors (Lipinski definition) is 3. The van der Waals surface area contributed by atoms with Gasteiger partial charge in [0.15, 0.2) is 0 Å². The predicted octanol–water partition coefficient (Wildman–Crippen LogP) is 0.313. The molecule has 0 aliphatic carbocycles. The van der Waals surface area contributed by atoms with E-state index in [0.29, 0.717) is 5.95 Å². The van der Waals surface area contributed by atoms with Gasteiger partial charge < -0.3 is 15.7 Å². The summed E-state index contributed by atoms with van der Waals surface area (Å²) in [4.78, 5) is 8.12. The molecule has 0 spiro atoms. The maximum Gasteiger partial charge on any atom is 0.224 e. The molecule has 0 aromatic carbocycles. The maximum atomic E-state index is 8.56. The first-order chi connectivity index (χ1) is 6.36. The minimum atomic E-state index is 0.191. The Morgan fingerprint density at radius 3 is 3.08 bits per heavy atom. The molecule has 5 nitrogen and oxygen atoms in total. The van der Waals surface area contributed by atoms with Crippen LogP contribution in [0, 0.1) is 0 Å². The van der Waals surface area contributed by atoms with Gasteiger partial charge in [-0.25, -0.2) is 4.98 Å². The number of aliphatic hydroxyl groups excluding tert-OH is 1. The number of nitrogens with zero attached hydrogens (tertiary/aromatic N) is 2. The largest absolute Gasteiger partial charge is 0.396 e. The average Bonchev–Trinajstić information content (AvgIpc) is 2.19. The van der Waals surface area contributed by atoms with Gasteiger partial charge in [0.1, 0.15) is 5.82 Å². The number of anilines is 2. The molecule has 1 aromatic heterocycles. The highest BCUT2D eigenvalue weighted by Crippen LogP contribution is 2.04. The van der Waals surface area contributed by atoms with Gasteiger partial charge in [0.05, 0.1) is 0 Å². The van der Waals surface area contributed by atoms with Crippen LogP contribution in [0.1, 0.15) is 6.42 Å². The van der Waals surface area contributed by atoms with Crippen molar-refractivity contribution in [1.29, 1.82) is 0 Å². The van der Waals surface area contributed by atoms with Crippen LogP contribution in [0.3, 0.4) is 0 Å². The molecule has 0 amide bonds. The molecule has 5 heteroatoms. The molecule has 0 atom stereocenters. The van der Waals surface area contributed by atoms with Gasteiger partial charge in [-0.05, 0) is 12.5 Å². The predicted molar refractivity (Wildman–Crippen MR) is 51.8 cm³/mol. The van der Waals surface area contributed by atoms with Gasteiger partial charge in [-0.2, -0.15) is 4.98 Å². The molecule has 1 rings (SSSR count). The van der Waals surface area contributed by atoms with Gasteiger partial charge >= 0.3 is 0 Å². The van der Waals surface area contributed by atoms with Crippen molar-refractivity contribution in [1.82, 2.24) is 9.97 Å². The zero-order valence-corrected chi connectivity index (χ0v) is 7.62. The van der Waals surface area contributed by atoms with Gasteiger partial charge in [-0.1, -0.05) is 0 Å². The van der Waals surface area contributed by atoms with Gasteiger partial charge in [0, 0.05) is 26.4 Å². The number of hydrogen-bond acceptors (Lipinski definition) is 5. The molecule has 0 bridgehead atoms. The molecule has 0 aliphatic rings. The van der Waals surface area contributed by atoms with E-state index in [1.165, 1.54) is 0 Å². The first-order valence-electron chi connectivity index (χ1n) is 4.22. The molecule has 72 valence electrons. The van der Waals surface area contributed by atoms with E-state index in [1.807, 2.05) is 0 Å². The zero-order valence-electron chi connectivity index (χ0n) is 7.62. The minimum Gasteiger partial charge on any atom is -0.396 e. The van der Waals surface area contributed by atoms with Crippen LogP contribution in [-0.2, 0) is 0 Å². The summed E-state index contributed by atoms with van der Waals surface area (Å²) in [6.07, 6.45) is 2.40. The van der Waals surface area contributed by atoms with E-state index in [2.05, 4.69) is 20.6 Å². The molecule has 0 saturated carbocycles. The Balaban J connectivity index is 2.46. The molecule has 3 N–H and O–H groups in total. The molecule has 0 saturated heterocycles. The molecule has 0 unspecified atom stereocenters. The summed E-state index contributed by atoms with van der Waals surface area (Å²) < 4.78 is 0. The lowest BCUT2D eigenvalue weighted by molar-refractivity contribution is 0.292. The van der Waals surface area contributed by atoms with E-state index in [1.54, 1.807) is 19.3 Å². The monoisotopic (exact) mass is 182 g/mol. The van der Waals surface area contributed by atoms with Crippen LogP contribution in [0.25, 0.3) is 0 Å². The van der Waals surface area contributed by atoms with E-state index in [4.69, 9.17) is 5.11 Å². The summed E-state index contributed by atoms with van der Waals surface area (Å²) in [6, 6.07) is 1.79. The lowest BCUT2D eigenvalue weighted by Gasteiger charge is -2.04. The van der Waals surface area contributed by atoms with Crippen LogP contribution >= 0.6 is 0 Å². The van der Waals surface area contributed by atoms with Crippen molar-refractivity contribution in [2.24, 2.45) is 0 Å². The topological polar surface area (TPSA) is 70.1 Å². The second-order valence-corrected chi connectivity index (χ2v) is 2.52. The lowest BCUT2D eigenvalue weighted by Crippen LogP contribution is -2.06. The molecule has 1 aromatic rings. The summed E-state index contributed by atoms with van der Waals surface area (Å²) >= 11 is 0. The van der Waals surface area contributed by atoms with Crippen molar-refractivity contribution in [2.45, 2.75) is 6.42 Å². The SMILES string of the molecule is CNc1nccc(NCCCO)n1. The van der Waals surface area contributed by atoms with Gasteiger partial charge in [-0.3, -0.25) is 0 Å². The second kappa shape index (κ2) is 5.31. The van der Waals surface area contributed by atoms with Gasteiger partial charge in [-0.15, -0.1) is 0 Å². The molecule has 0 aliphatic heterocycles. The summed E-state index contributed by atoms with van der Waals surface area (Å²) in [5.41, 5.74) is 0. The Labute approximate surface area is 77.2 Å². The summed E-state index contributed by atoms with van der Waals surface area (Å²) in [6.45, 7) is 0.910. The summed E-state index contributed by atoms with van der Waals surface area (Å²) in [5.74, 6) is 1.36. The standard InChI is InChI=1S/C8H14N4O/c1-9-8-11-5-3-7(12-8)10-4-2-6-13/h3,5,13H,2,4,6H2,1H3,(H2,9,10,11,12).